The van der Waals surface area contributed by atoms with Crippen LogP contribution in [0.5, 0.6) is 0 Å². The van der Waals surface area contributed by atoms with E-state index < -0.39 is 11.7 Å². The van der Waals surface area contributed by atoms with Crippen molar-refractivity contribution in [1.82, 2.24) is 0 Å². The van der Waals surface area contributed by atoms with Gasteiger partial charge in [0, 0.05) is 5.56 Å². The zero-order valence-electron chi connectivity index (χ0n) is 9.58. The van der Waals surface area contributed by atoms with Crippen LogP contribution in [0, 0.1) is 5.82 Å². The highest BCUT2D eigenvalue weighted by atomic mass is 35.5. The van der Waals surface area contributed by atoms with Crippen LogP contribution >= 0.6 is 23.2 Å². The second-order valence-corrected chi connectivity index (χ2v) is 4.60. The summed E-state index contributed by atoms with van der Waals surface area (Å²) in [5.74, 6) is -1.17. The minimum absolute atomic E-state index is 0.0210. The highest BCUT2D eigenvalue weighted by Gasteiger charge is 2.12. The van der Waals surface area contributed by atoms with Crippen LogP contribution in [-0.4, -0.2) is 5.91 Å². The summed E-state index contributed by atoms with van der Waals surface area (Å²) in [5.41, 5.74) is 5.73. The van der Waals surface area contributed by atoms with E-state index >= 15 is 0 Å². The molecule has 98 valence electrons. The molecule has 3 nitrogen and oxygen atoms in total. The molecule has 0 unspecified atom stereocenters. The van der Waals surface area contributed by atoms with Crippen LogP contribution in [0.4, 0.5) is 15.8 Å². The summed E-state index contributed by atoms with van der Waals surface area (Å²) in [6.45, 7) is 0. The normalized spacial score (nSPS) is 10.3. The molecule has 0 bridgehead atoms. The van der Waals surface area contributed by atoms with Gasteiger partial charge in [0.1, 0.15) is 5.82 Å². The van der Waals surface area contributed by atoms with Gasteiger partial charge in [-0.15, -0.1) is 0 Å². The Morgan fingerprint density at radius 2 is 1.79 bits per heavy atom. The van der Waals surface area contributed by atoms with E-state index in [1.54, 1.807) is 18.2 Å². The maximum absolute atomic E-state index is 13.3. The summed E-state index contributed by atoms with van der Waals surface area (Å²) < 4.78 is 13.3. The average Bonchev–Trinajstić information content (AvgIpc) is 2.37. The number of anilines is 2. The largest absolute Gasteiger partial charge is 0.396 e. The molecule has 0 aliphatic carbocycles. The van der Waals surface area contributed by atoms with E-state index in [9.17, 15) is 9.18 Å². The Morgan fingerprint density at radius 3 is 2.37 bits per heavy atom. The topological polar surface area (TPSA) is 55.1 Å². The molecule has 0 radical (unpaired) electrons. The maximum Gasteiger partial charge on any atom is 0.255 e. The van der Waals surface area contributed by atoms with Gasteiger partial charge in [0.05, 0.1) is 21.4 Å². The van der Waals surface area contributed by atoms with Gasteiger partial charge in [-0.25, -0.2) is 4.39 Å². The fourth-order valence-electron chi connectivity index (χ4n) is 1.47. The molecular weight excluding hydrogens is 290 g/mol. The van der Waals surface area contributed by atoms with Crippen LogP contribution in [0.1, 0.15) is 10.4 Å². The van der Waals surface area contributed by atoms with Crippen LogP contribution in [-0.2, 0) is 0 Å². The minimum atomic E-state index is -0.655. The number of amides is 1. The van der Waals surface area contributed by atoms with Gasteiger partial charge in [-0.05, 0) is 30.3 Å². The monoisotopic (exact) mass is 298 g/mol. The molecule has 0 aromatic heterocycles. The number of hydrogen-bond donors (Lipinski definition) is 2. The number of benzene rings is 2. The molecule has 3 N–H and O–H groups in total. The summed E-state index contributed by atoms with van der Waals surface area (Å²) in [6.07, 6.45) is 0. The van der Waals surface area contributed by atoms with Crippen molar-refractivity contribution in [3.8, 4) is 0 Å². The summed E-state index contributed by atoms with van der Waals surface area (Å²) in [7, 11) is 0. The zero-order valence-corrected chi connectivity index (χ0v) is 11.1. The van der Waals surface area contributed by atoms with Crippen molar-refractivity contribution in [2.24, 2.45) is 0 Å². The summed E-state index contributed by atoms with van der Waals surface area (Å²) in [5, 5.41) is 3.14. The van der Waals surface area contributed by atoms with E-state index in [1.807, 2.05) is 0 Å². The summed E-state index contributed by atoms with van der Waals surface area (Å²) in [6, 6.07) is 8.62. The molecule has 6 heteroatoms. The Kier molecular flexibility index (Phi) is 3.93. The third-order valence-corrected chi connectivity index (χ3v) is 3.09. The second kappa shape index (κ2) is 5.47. The van der Waals surface area contributed by atoms with Gasteiger partial charge < -0.3 is 11.1 Å². The van der Waals surface area contributed by atoms with Crippen LogP contribution in [0.3, 0.4) is 0 Å². The van der Waals surface area contributed by atoms with Gasteiger partial charge >= 0.3 is 0 Å². The molecular formula is C13H9Cl2FN2O. The van der Waals surface area contributed by atoms with Crippen LogP contribution in [0.25, 0.3) is 0 Å². The molecule has 0 spiro atoms. The first kappa shape index (κ1) is 13.6. The Morgan fingerprint density at radius 1 is 1.16 bits per heavy atom. The first-order valence-corrected chi connectivity index (χ1v) is 6.05. The number of para-hydroxylation sites is 1. The van der Waals surface area contributed by atoms with Crippen LogP contribution in [0.2, 0.25) is 10.0 Å². The number of nitrogens with two attached hydrogens (primary N) is 1. The molecule has 19 heavy (non-hydrogen) atoms. The third kappa shape index (κ3) is 2.97. The van der Waals surface area contributed by atoms with Crippen molar-refractivity contribution in [2.75, 3.05) is 11.1 Å². The quantitative estimate of drug-likeness (QED) is 0.824. The second-order valence-electron chi connectivity index (χ2n) is 3.79. The van der Waals surface area contributed by atoms with E-state index in [2.05, 4.69) is 5.32 Å². The molecule has 0 aliphatic rings. The lowest BCUT2D eigenvalue weighted by molar-refractivity contribution is 0.102. The number of carbonyl (C=O) groups is 1. The van der Waals surface area contributed by atoms with Crippen LogP contribution in [0.15, 0.2) is 36.4 Å². The predicted molar refractivity (Wildman–Crippen MR) is 75.2 cm³/mol. The number of hydrogen-bond acceptors (Lipinski definition) is 2. The summed E-state index contributed by atoms with van der Waals surface area (Å²) >= 11 is 11.8. The Balaban J connectivity index is 2.28. The van der Waals surface area contributed by atoms with Crippen molar-refractivity contribution in [3.05, 3.63) is 57.8 Å². The molecule has 1 amide bonds. The van der Waals surface area contributed by atoms with Gasteiger partial charge in [-0.3, -0.25) is 4.79 Å². The first-order chi connectivity index (χ1) is 8.99. The molecule has 2 rings (SSSR count). The van der Waals surface area contributed by atoms with Gasteiger partial charge in [0.2, 0.25) is 0 Å². The minimum Gasteiger partial charge on any atom is -0.396 e. The summed E-state index contributed by atoms with van der Waals surface area (Å²) in [4.78, 5) is 11.9. The molecule has 0 saturated heterocycles. The number of halogens is 3. The lowest BCUT2D eigenvalue weighted by atomic mass is 10.2. The van der Waals surface area contributed by atoms with E-state index in [0.717, 1.165) is 6.07 Å². The predicted octanol–water partition coefficient (Wildman–Crippen LogP) is 3.97. The Labute approximate surface area is 119 Å². The number of nitrogen functional groups attached to an aromatic ring is 1. The third-order valence-electron chi connectivity index (χ3n) is 2.46. The molecule has 0 saturated carbocycles. The molecule has 2 aromatic rings. The highest BCUT2D eigenvalue weighted by molar-refractivity contribution is 6.40. The van der Waals surface area contributed by atoms with E-state index in [-0.39, 0.29) is 16.9 Å². The number of carbonyl (C=O) groups excluding carboxylic acids is 1. The molecule has 0 atom stereocenters. The number of rotatable bonds is 2. The van der Waals surface area contributed by atoms with Crippen molar-refractivity contribution in [2.45, 2.75) is 0 Å². The fourth-order valence-corrected chi connectivity index (χ4v) is 1.96. The average molecular weight is 299 g/mol. The van der Waals surface area contributed by atoms with E-state index in [1.165, 1.54) is 12.1 Å². The van der Waals surface area contributed by atoms with Crippen molar-refractivity contribution in [3.63, 3.8) is 0 Å². The van der Waals surface area contributed by atoms with E-state index in [4.69, 9.17) is 28.9 Å². The lowest BCUT2D eigenvalue weighted by Gasteiger charge is -2.09. The fraction of sp³-hybridized carbons (Fsp3) is 0. The molecule has 2 aromatic carbocycles. The van der Waals surface area contributed by atoms with E-state index in [0.29, 0.717) is 10.0 Å². The molecule has 0 heterocycles. The standard InChI is InChI=1S/C13H9Cl2FN2O/c14-8-2-1-3-9(15)12(8)18-13(19)7-4-5-11(17)10(16)6-7/h1-6H,17H2,(H,18,19). The van der Waals surface area contributed by atoms with Gasteiger partial charge in [0.15, 0.2) is 0 Å². The first-order valence-electron chi connectivity index (χ1n) is 5.29. The SMILES string of the molecule is Nc1ccc(C(=O)Nc2c(Cl)cccc2Cl)cc1F. The van der Waals surface area contributed by atoms with Crippen LogP contribution < -0.4 is 11.1 Å². The Bertz CT molecular complexity index is 626. The van der Waals surface area contributed by atoms with Gasteiger partial charge in [0.25, 0.3) is 5.91 Å². The number of nitrogens with one attached hydrogen (secondary N) is 1. The highest BCUT2D eigenvalue weighted by Crippen LogP contribution is 2.30. The van der Waals surface area contributed by atoms with Crippen molar-refractivity contribution in [1.29, 1.82) is 0 Å². The zero-order chi connectivity index (χ0) is 14.0. The molecule has 0 fully saturated rings. The van der Waals surface area contributed by atoms with Crippen molar-refractivity contribution < 1.29 is 9.18 Å². The smallest absolute Gasteiger partial charge is 0.255 e. The van der Waals surface area contributed by atoms with Gasteiger partial charge in [-0.1, -0.05) is 29.3 Å². The van der Waals surface area contributed by atoms with Crippen molar-refractivity contribution >= 4 is 40.5 Å². The molecule has 0 aliphatic heterocycles. The Hall–Kier alpha value is -1.78. The maximum atomic E-state index is 13.3. The lowest BCUT2D eigenvalue weighted by Crippen LogP contribution is -2.13. The van der Waals surface area contributed by atoms with Gasteiger partial charge in [-0.2, -0.15) is 0 Å².